The smallest absolute Gasteiger partial charge is 0.164 e. The van der Waals surface area contributed by atoms with Gasteiger partial charge in [-0.05, 0) is 82.4 Å². The van der Waals surface area contributed by atoms with Crippen LogP contribution < -0.4 is 4.74 Å². The Morgan fingerprint density at radius 1 is 0.646 bits per heavy atom. The van der Waals surface area contributed by atoms with E-state index in [4.69, 9.17) is 19.7 Å². The summed E-state index contributed by atoms with van der Waals surface area (Å²) in [6.45, 7) is 6.49. The molecule has 0 saturated heterocycles. The van der Waals surface area contributed by atoms with E-state index in [0.717, 1.165) is 44.9 Å². The number of fused-ring (bicyclic) bond motifs is 7. The van der Waals surface area contributed by atoms with Gasteiger partial charge in [0.2, 0.25) is 0 Å². The van der Waals surface area contributed by atoms with Crippen molar-refractivity contribution in [2.75, 3.05) is 0 Å². The largest absolute Gasteiger partial charge is 0.457 e. The molecule has 228 valence electrons. The van der Waals surface area contributed by atoms with E-state index in [9.17, 15) is 0 Å². The van der Waals surface area contributed by atoms with Crippen LogP contribution in [0.2, 0.25) is 0 Å². The summed E-state index contributed by atoms with van der Waals surface area (Å²) in [5, 5.41) is 3.40. The van der Waals surface area contributed by atoms with Crippen LogP contribution in [-0.4, -0.2) is 15.0 Å². The van der Waals surface area contributed by atoms with Crippen molar-refractivity contribution in [1.82, 2.24) is 15.0 Å². The molecule has 1 spiro atoms. The summed E-state index contributed by atoms with van der Waals surface area (Å²) in [7, 11) is 0. The summed E-state index contributed by atoms with van der Waals surface area (Å²) in [4.78, 5) is 15.1. The topological polar surface area (TPSA) is 47.9 Å². The van der Waals surface area contributed by atoms with E-state index >= 15 is 0 Å². The third-order valence-corrected chi connectivity index (χ3v) is 10.3. The molecular formula is C43H29N3OS. The molecule has 2 aromatic heterocycles. The van der Waals surface area contributed by atoms with Gasteiger partial charge >= 0.3 is 0 Å². The van der Waals surface area contributed by atoms with Crippen molar-refractivity contribution >= 4 is 27.0 Å². The molecule has 5 aromatic carbocycles. The number of aromatic nitrogens is 3. The normalized spacial score (nSPS) is 16.2. The molecule has 3 heterocycles. The maximum Gasteiger partial charge on any atom is 0.164 e. The quantitative estimate of drug-likeness (QED) is 0.189. The van der Waals surface area contributed by atoms with E-state index in [1.54, 1.807) is 11.3 Å². The first-order valence-electron chi connectivity index (χ1n) is 16.0. The number of hydrogen-bond donors (Lipinski definition) is 0. The van der Waals surface area contributed by atoms with Gasteiger partial charge in [0, 0.05) is 32.5 Å². The van der Waals surface area contributed by atoms with Crippen LogP contribution >= 0.6 is 11.3 Å². The van der Waals surface area contributed by atoms with Crippen molar-refractivity contribution in [3.05, 3.63) is 179 Å². The summed E-state index contributed by atoms with van der Waals surface area (Å²) >= 11 is 1.77. The molecule has 0 amide bonds. The van der Waals surface area contributed by atoms with Crippen LogP contribution in [0, 0.1) is 0 Å². The minimum atomic E-state index is -0.665. The summed E-state index contributed by atoms with van der Waals surface area (Å²) in [5.74, 6) is 3.50. The lowest BCUT2D eigenvalue weighted by Crippen LogP contribution is -2.32. The maximum atomic E-state index is 6.69. The van der Waals surface area contributed by atoms with Crippen LogP contribution in [0.15, 0.2) is 157 Å². The highest BCUT2D eigenvalue weighted by molar-refractivity contribution is 7.17. The molecule has 0 saturated carbocycles. The lowest BCUT2D eigenvalue weighted by molar-refractivity contribution is 0.436. The Kier molecular flexibility index (Phi) is 6.56. The molecule has 0 radical (unpaired) electrons. The van der Waals surface area contributed by atoms with Crippen LogP contribution in [-0.2, 0) is 5.41 Å². The Morgan fingerprint density at radius 2 is 1.29 bits per heavy atom. The molecule has 5 heteroatoms. The van der Waals surface area contributed by atoms with E-state index in [1.165, 1.54) is 26.8 Å². The predicted molar refractivity (Wildman–Crippen MR) is 196 cm³/mol. The van der Waals surface area contributed by atoms with Crippen LogP contribution in [0.1, 0.15) is 29.2 Å². The zero-order valence-corrected chi connectivity index (χ0v) is 27.0. The molecule has 1 aliphatic carbocycles. The Bertz CT molecular complexity index is 2400. The van der Waals surface area contributed by atoms with Gasteiger partial charge in [0.05, 0.1) is 5.41 Å². The highest BCUT2D eigenvalue weighted by atomic mass is 32.1. The first kappa shape index (κ1) is 28.3. The number of benzene rings is 5. The second-order valence-electron chi connectivity index (χ2n) is 12.0. The Balaban J connectivity index is 1.35. The second-order valence-corrected chi connectivity index (χ2v) is 12.9. The third kappa shape index (κ3) is 4.18. The summed E-state index contributed by atoms with van der Waals surface area (Å²) in [6, 6.07) is 41.8. The SMILES string of the molecule is C=CC1=C(/C=C\C)c2cc3ccsc3cc2C12c1ccccc1Oc1ccc(-c3nc(-c4ccccc4)nc(-c4ccccc4)n3)cc12. The Labute approximate surface area is 283 Å². The van der Waals surface area contributed by atoms with E-state index in [2.05, 4.69) is 85.6 Å². The van der Waals surface area contributed by atoms with Gasteiger partial charge in [0.25, 0.3) is 0 Å². The molecule has 7 aromatic rings. The molecule has 2 aliphatic rings. The summed E-state index contributed by atoms with van der Waals surface area (Å²) < 4.78 is 7.94. The standard InChI is InChI=1S/C43H29N3OS/c1-3-13-31-32-24-29-22-23-48-39(29)26-35(32)43(33(31)4-2)34-18-11-12-19-37(34)47-38-21-20-30(25-36(38)43)42-45-40(27-14-7-5-8-15-27)44-41(46-42)28-16-9-6-10-17-28/h3-26H,2H2,1H3/b13-3-. The number of allylic oxidation sites excluding steroid dienone is 5. The van der Waals surface area contributed by atoms with E-state index in [0.29, 0.717) is 17.5 Å². The van der Waals surface area contributed by atoms with Crippen LogP contribution in [0.3, 0.4) is 0 Å². The average Bonchev–Trinajstić information content (AvgIpc) is 3.71. The molecule has 1 atom stereocenters. The fraction of sp³-hybridized carbons (Fsp3) is 0.0465. The molecule has 0 fully saturated rings. The van der Waals surface area contributed by atoms with Crippen molar-refractivity contribution in [2.24, 2.45) is 0 Å². The molecule has 1 aliphatic heterocycles. The van der Waals surface area contributed by atoms with Crippen LogP contribution in [0.4, 0.5) is 0 Å². The first-order chi connectivity index (χ1) is 23.7. The Hall–Kier alpha value is -5.91. The summed E-state index contributed by atoms with van der Waals surface area (Å²) in [6.07, 6.45) is 6.36. The molecule has 0 N–H and O–H groups in total. The monoisotopic (exact) mass is 635 g/mol. The van der Waals surface area contributed by atoms with Gasteiger partial charge in [-0.15, -0.1) is 11.3 Å². The zero-order chi connectivity index (χ0) is 32.2. The van der Waals surface area contributed by atoms with Crippen LogP contribution in [0.5, 0.6) is 11.5 Å². The van der Waals surface area contributed by atoms with Crippen molar-refractivity contribution in [2.45, 2.75) is 12.3 Å². The van der Waals surface area contributed by atoms with Gasteiger partial charge in [-0.1, -0.05) is 104 Å². The zero-order valence-electron chi connectivity index (χ0n) is 26.2. The van der Waals surface area contributed by atoms with E-state index < -0.39 is 5.41 Å². The maximum absolute atomic E-state index is 6.69. The molecule has 48 heavy (non-hydrogen) atoms. The fourth-order valence-electron chi connectivity index (χ4n) is 7.34. The molecule has 9 rings (SSSR count). The Morgan fingerprint density at radius 3 is 1.98 bits per heavy atom. The number of thiophene rings is 1. The predicted octanol–water partition coefficient (Wildman–Crippen LogP) is 11.1. The highest BCUT2D eigenvalue weighted by Gasteiger charge is 2.51. The molecule has 4 nitrogen and oxygen atoms in total. The lowest BCUT2D eigenvalue weighted by atomic mass is 9.65. The molecule has 0 bridgehead atoms. The third-order valence-electron chi connectivity index (χ3n) is 9.37. The van der Waals surface area contributed by atoms with Gasteiger partial charge in [-0.25, -0.2) is 15.0 Å². The van der Waals surface area contributed by atoms with Crippen molar-refractivity contribution in [3.8, 4) is 45.7 Å². The lowest BCUT2D eigenvalue weighted by Gasteiger charge is -2.40. The summed E-state index contributed by atoms with van der Waals surface area (Å²) in [5.41, 5.74) is 8.94. The van der Waals surface area contributed by atoms with Crippen molar-refractivity contribution in [1.29, 1.82) is 0 Å². The van der Waals surface area contributed by atoms with E-state index in [-0.39, 0.29) is 0 Å². The second kappa shape index (κ2) is 11.1. The molecular weight excluding hydrogens is 607 g/mol. The van der Waals surface area contributed by atoms with Gasteiger partial charge in [0.1, 0.15) is 11.5 Å². The van der Waals surface area contributed by atoms with Crippen molar-refractivity contribution < 1.29 is 4.74 Å². The van der Waals surface area contributed by atoms with Crippen molar-refractivity contribution in [3.63, 3.8) is 0 Å². The van der Waals surface area contributed by atoms with E-state index in [1.807, 2.05) is 72.8 Å². The number of ether oxygens (including phenoxy) is 1. The molecule has 1 unspecified atom stereocenters. The number of rotatable bonds is 5. The van der Waals surface area contributed by atoms with Gasteiger partial charge < -0.3 is 4.74 Å². The first-order valence-corrected chi connectivity index (χ1v) is 16.9. The van der Waals surface area contributed by atoms with Gasteiger partial charge in [-0.3, -0.25) is 0 Å². The fourth-order valence-corrected chi connectivity index (χ4v) is 8.15. The van der Waals surface area contributed by atoms with Gasteiger partial charge in [-0.2, -0.15) is 0 Å². The minimum Gasteiger partial charge on any atom is -0.457 e. The number of hydrogen-bond acceptors (Lipinski definition) is 5. The van der Waals surface area contributed by atoms with Gasteiger partial charge in [0.15, 0.2) is 17.5 Å². The number of para-hydroxylation sites is 1. The number of nitrogens with zero attached hydrogens (tertiary/aromatic N) is 3. The minimum absolute atomic E-state index is 0.601. The highest BCUT2D eigenvalue weighted by Crippen LogP contribution is 2.62. The average molecular weight is 636 g/mol. The van der Waals surface area contributed by atoms with Crippen LogP contribution in [0.25, 0.3) is 49.8 Å².